The van der Waals surface area contributed by atoms with E-state index in [-0.39, 0.29) is 5.69 Å². The zero-order chi connectivity index (χ0) is 14.9. The highest BCUT2D eigenvalue weighted by Gasteiger charge is 2.17. The molecular formula is C13H15N3O4. The van der Waals surface area contributed by atoms with E-state index < -0.39 is 17.7 Å². The van der Waals surface area contributed by atoms with Crippen LogP contribution in [0.15, 0.2) is 18.2 Å². The third-order valence-electron chi connectivity index (χ3n) is 2.41. The van der Waals surface area contributed by atoms with Gasteiger partial charge in [0.2, 0.25) is 0 Å². The number of aromatic nitrogens is 2. The third-order valence-corrected chi connectivity index (χ3v) is 2.41. The number of nitrogens with zero attached hydrogens (tertiary/aromatic N) is 1. The van der Waals surface area contributed by atoms with Crippen LogP contribution in [-0.4, -0.2) is 33.0 Å². The number of benzene rings is 1. The summed E-state index contributed by atoms with van der Waals surface area (Å²) < 4.78 is 5.13. The van der Waals surface area contributed by atoms with Crippen LogP contribution in [-0.2, 0) is 4.74 Å². The second-order valence-corrected chi connectivity index (χ2v) is 5.26. The van der Waals surface area contributed by atoms with Gasteiger partial charge in [0.15, 0.2) is 5.69 Å². The summed E-state index contributed by atoms with van der Waals surface area (Å²) >= 11 is 0. The van der Waals surface area contributed by atoms with Crippen LogP contribution in [0.25, 0.3) is 10.9 Å². The molecule has 0 spiro atoms. The van der Waals surface area contributed by atoms with Gasteiger partial charge in [-0.3, -0.25) is 10.4 Å². The predicted molar refractivity (Wildman–Crippen MR) is 72.9 cm³/mol. The molecule has 0 bridgehead atoms. The van der Waals surface area contributed by atoms with E-state index in [0.29, 0.717) is 16.6 Å². The van der Waals surface area contributed by atoms with Crippen molar-refractivity contribution in [2.24, 2.45) is 0 Å². The average molecular weight is 277 g/mol. The van der Waals surface area contributed by atoms with E-state index in [1.165, 1.54) is 0 Å². The van der Waals surface area contributed by atoms with Crippen molar-refractivity contribution < 1.29 is 19.4 Å². The van der Waals surface area contributed by atoms with Gasteiger partial charge in [0.05, 0.1) is 5.52 Å². The molecule has 0 unspecified atom stereocenters. The van der Waals surface area contributed by atoms with E-state index in [2.05, 4.69) is 15.5 Å². The lowest BCUT2D eigenvalue weighted by atomic mass is 10.2. The maximum Gasteiger partial charge on any atom is 0.412 e. The zero-order valence-corrected chi connectivity index (χ0v) is 11.4. The number of carbonyl (C=O) groups excluding carboxylic acids is 1. The molecule has 0 atom stereocenters. The highest BCUT2D eigenvalue weighted by atomic mass is 16.6. The van der Waals surface area contributed by atoms with Crippen molar-refractivity contribution in [3.8, 4) is 0 Å². The number of carboxylic acids is 1. The number of aromatic amines is 1. The molecule has 0 radical (unpaired) electrons. The number of nitrogens with one attached hydrogen (secondary N) is 2. The number of aromatic carboxylic acids is 1. The molecule has 2 aromatic rings. The molecule has 0 aliphatic rings. The van der Waals surface area contributed by atoms with Crippen molar-refractivity contribution >= 4 is 28.7 Å². The topological polar surface area (TPSA) is 104 Å². The summed E-state index contributed by atoms with van der Waals surface area (Å²) in [5.41, 5.74) is 0.380. The minimum atomic E-state index is -1.11. The van der Waals surface area contributed by atoms with E-state index in [0.717, 1.165) is 0 Å². The highest BCUT2D eigenvalue weighted by Crippen LogP contribution is 2.21. The number of H-pyrrole nitrogens is 1. The molecule has 0 saturated carbocycles. The Labute approximate surface area is 114 Å². The molecule has 1 aromatic heterocycles. The Bertz CT molecular complexity index is 670. The predicted octanol–water partition coefficient (Wildman–Crippen LogP) is 2.61. The van der Waals surface area contributed by atoms with Crippen LogP contribution in [0.3, 0.4) is 0 Å². The summed E-state index contributed by atoms with van der Waals surface area (Å²) in [7, 11) is 0. The second kappa shape index (κ2) is 4.84. The van der Waals surface area contributed by atoms with E-state index >= 15 is 0 Å². The third kappa shape index (κ3) is 3.05. The number of carboxylic acid groups (broad SMARTS) is 1. The Kier molecular flexibility index (Phi) is 3.35. The lowest BCUT2D eigenvalue weighted by Gasteiger charge is -2.19. The molecule has 0 saturated heterocycles. The monoisotopic (exact) mass is 277 g/mol. The Hall–Kier alpha value is -2.57. The van der Waals surface area contributed by atoms with Gasteiger partial charge in [-0.15, -0.1) is 0 Å². The van der Waals surface area contributed by atoms with E-state index in [4.69, 9.17) is 9.84 Å². The van der Waals surface area contributed by atoms with Gasteiger partial charge in [0.1, 0.15) is 5.60 Å². The van der Waals surface area contributed by atoms with Crippen molar-refractivity contribution in [1.82, 2.24) is 10.2 Å². The Morgan fingerprint density at radius 3 is 2.65 bits per heavy atom. The van der Waals surface area contributed by atoms with Crippen LogP contribution >= 0.6 is 0 Å². The molecule has 20 heavy (non-hydrogen) atoms. The molecular weight excluding hydrogens is 262 g/mol. The van der Waals surface area contributed by atoms with Crippen molar-refractivity contribution in [2.45, 2.75) is 26.4 Å². The van der Waals surface area contributed by atoms with E-state index in [9.17, 15) is 9.59 Å². The van der Waals surface area contributed by atoms with Crippen LogP contribution < -0.4 is 5.32 Å². The highest BCUT2D eigenvalue weighted by molar-refractivity contribution is 6.02. The maximum absolute atomic E-state index is 11.6. The van der Waals surface area contributed by atoms with Gasteiger partial charge in [-0.2, -0.15) is 5.10 Å². The van der Waals surface area contributed by atoms with Crippen LogP contribution in [0.4, 0.5) is 10.5 Å². The summed E-state index contributed by atoms with van der Waals surface area (Å²) in [6.45, 7) is 5.30. The van der Waals surface area contributed by atoms with Gasteiger partial charge in [-0.05, 0) is 39.0 Å². The first-order chi connectivity index (χ1) is 9.26. The maximum atomic E-state index is 11.6. The molecule has 0 aliphatic heterocycles. The van der Waals surface area contributed by atoms with Gasteiger partial charge in [-0.25, -0.2) is 9.59 Å². The molecule has 106 valence electrons. The molecule has 0 aliphatic carbocycles. The van der Waals surface area contributed by atoms with Gasteiger partial charge < -0.3 is 9.84 Å². The Morgan fingerprint density at radius 1 is 1.35 bits per heavy atom. The molecule has 2 rings (SSSR count). The Morgan fingerprint density at radius 2 is 2.05 bits per heavy atom. The van der Waals surface area contributed by atoms with E-state index in [1.807, 2.05) is 0 Å². The first-order valence-electron chi connectivity index (χ1n) is 5.98. The molecule has 0 fully saturated rings. The van der Waals surface area contributed by atoms with Gasteiger partial charge in [-0.1, -0.05) is 0 Å². The van der Waals surface area contributed by atoms with Crippen molar-refractivity contribution in [2.75, 3.05) is 5.32 Å². The molecule has 1 heterocycles. The first-order valence-corrected chi connectivity index (χ1v) is 5.98. The minimum Gasteiger partial charge on any atom is -0.476 e. The number of carbonyl (C=O) groups is 2. The van der Waals surface area contributed by atoms with Gasteiger partial charge in [0, 0.05) is 11.1 Å². The number of rotatable bonds is 2. The summed E-state index contributed by atoms with van der Waals surface area (Å²) in [6.07, 6.45) is -0.574. The number of anilines is 1. The lowest BCUT2D eigenvalue weighted by Crippen LogP contribution is -2.27. The molecule has 7 nitrogen and oxygen atoms in total. The fraction of sp³-hybridized carbons (Fsp3) is 0.308. The zero-order valence-electron chi connectivity index (χ0n) is 11.4. The largest absolute Gasteiger partial charge is 0.476 e. The fourth-order valence-electron chi connectivity index (χ4n) is 1.68. The van der Waals surface area contributed by atoms with Crippen LogP contribution in [0.5, 0.6) is 0 Å². The number of hydrogen-bond donors (Lipinski definition) is 3. The van der Waals surface area contributed by atoms with Gasteiger partial charge >= 0.3 is 12.1 Å². The normalized spacial score (nSPS) is 11.3. The standard InChI is InChI=1S/C13H15N3O4/c1-13(2,3)20-12(19)14-7-4-5-8-9(6-7)15-16-10(8)11(17)18/h4-6H,1-3H3,(H,14,19)(H,15,16)(H,17,18). The molecule has 1 aromatic carbocycles. The number of fused-ring (bicyclic) bond motifs is 1. The van der Waals surface area contributed by atoms with Crippen LogP contribution in [0, 0.1) is 0 Å². The second-order valence-electron chi connectivity index (χ2n) is 5.26. The molecule has 7 heteroatoms. The summed E-state index contributed by atoms with van der Waals surface area (Å²) in [4.78, 5) is 22.5. The number of ether oxygens (including phenoxy) is 1. The van der Waals surface area contributed by atoms with Crippen LogP contribution in [0.1, 0.15) is 31.3 Å². The Balaban J connectivity index is 2.21. The van der Waals surface area contributed by atoms with Crippen molar-refractivity contribution in [3.63, 3.8) is 0 Å². The average Bonchev–Trinajstić information content (AvgIpc) is 2.68. The van der Waals surface area contributed by atoms with Crippen molar-refractivity contribution in [3.05, 3.63) is 23.9 Å². The van der Waals surface area contributed by atoms with Crippen molar-refractivity contribution in [1.29, 1.82) is 0 Å². The molecule has 3 N–H and O–H groups in total. The van der Waals surface area contributed by atoms with Crippen LogP contribution in [0.2, 0.25) is 0 Å². The fourth-order valence-corrected chi connectivity index (χ4v) is 1.68. The number of hydrogen-bond acceptors (Lipinski definition) is 4. The van der Waals surface area contributed by atoms with E-state index in [1.54, 1.807) is 39.0 Å². The summed E-state index contributed by atoms with van der Waals surface area (Å²) in [5.74, 6) is -1.11. The SMILES string of the molecule is CC(C)(C)OC(=O)Nc1ccc2c(C(=O)O)n[nH]c2c1. The quantitative estimate of drug-likeness (QED) is 0.782. The summed E-state index contributed by atoms with van der Waals surface area (Å²) in [6, 6.07) is 4.77. The smallest absolute Gasteiger partial charge is 0.412 e. The summed E-state index contributed by atoms with van der Waals surface area (Å²) in [5, 5.41) is 18.3. The number of amides is 1. The lowest BCUT2D eigenvalue weighted by molar-refractivity contribution is 0.0634. The first kappa shape index (κ1) is 13.9. The minimum absolute atomic E-state index is 0.0520. The molecule has 1 amide bonds. The van der Waals surface area contributed by atoms with Gasteiger partial charge in [0.25, 0.3) is 0 Å².